The van der Waals surface area contributed by atoms with Crippen LogP contribution >= 0.6 is 0 Å². The van der Waals surface area contributed by atoms with Crippen molar-refractivity contribution in [2.75, 3.05) is 6.54 Å². The standard InChI is InChI=1S/C16H21N3O2/c1-3-14(20)9-10-17-16(21)15-11-12(2)19(18-15)13-7-5-4-6-8-13/h4-8,11,14,20H,3,9-10H2,1-2H3,(H,17,21). The maximum absolute atomic E-state index is 12.0. The van der Waals surface area contributed by atoms with E-state index in [9.17, 15) is 9.90 Å². The molecule has 2 aromatic rings. The smallest absolute Gasteiger partial charge is 0.271 e. The van der Waals surface area contributed by atoms with E-state index in [1.807, 2.05) is 44.2 Å². The van der Waals surface area contributed by atoms with Crippen LogP contribution < -0.4 is 5.32 Å². The molecule has 1 aromatic carbocycles. The Balaban J connectivity index is 2.03. The van der Waals surface area contributed by atoms with Gasteiger partial charge >= 0.3 is 0 Å². The largest absolute Gasteiger partial charge is 0.393 e. The number of nitrogens with one attached hydrogen (secondary N) is 1. The van der Waals surface area contributed by atoms with Gasteiger partial charge in [-0.2, -0.15) is 5.10 Å². The average Bonchev–Trinajstić information content (AvgIpc) is 2.90. The molecule has 5 nitrogen and oxygen atoms in total. The first kappa shape index (κ1) is 15.3. The van der Waals surface area contributed by atoms with Crippen molar-refractivity contribution in [1.29, 1.82) is 0 Å². The molecule has 1 amide bonds. The number of hydrogen-bond donors (Lipinski definition) is 2. The molecule has 1 atom stereocenters. The molecule has 21 heavy (non-hydrogen) atoms. The highest BCUT2D eigenvalue weighted by Gasteiger charge is 2.13. The summed E-state index contributed by atoms with van der Waals surface area (Å²) in [5.74, 6) is -0.212. The Morgan fingerprint density at radius 3 is 2.76 bits per heavy atom. The fourth-order valence-electron chi connectivity index (χ4n) is 2.06. The number of aliphatic hydroxyl groups is 1. The molecule has 1 heterocycles. The van der Waals surface area contributed by atoms with Gasteiger partial charge in [0.1, 0.15) is 0 Å². The SMILES string of the molecule is CCC(O)CCNC(=O)c1cc(C)n(-c2ccccc2)n1. The van der Waals surface area contributed by atoms with E-state index < -0.39 is 0 Å². The monoisotopic (exact) mass is 287 g/mol. The highest BCUT2D eigenvalue weighted by Crippen LogP contribution is 2.11. The van der Waals surface area contributed by atoms with Crippen LogP contribution in [0.25, 0.3) is 5.69 Å². The lowest BCUT2D eigenvalue weighted by atomic mass is 10.2. The van der Waals surface area contributed by atoms with Crippen molar-refractivity contribution in [3.63, 3.8) is 0 Å². The van der Waals surface area contributed by atoms with E-state index in [0.29, 0.717) is 25.1 Å². The Bertz CT molecular complexity index is 593. The van der Waals surface area contributed by atoms with Gasteiger partial charge in [-0.3, -0.25) is 4.79 Å². The van der Waals surface area contributed by atoms with Crippen molar-refractivity contribution in [3.05, 3.63) is 47.8 Å². The zero-order chi connectivity index (χ0) is 15.2. The molecule has 0 bridgehead atoms. The molecule has 1 unspecified atom stereocenters. The number of aryl methyl sites for hydroxylation is 1. The molecular formula is C16H21N3O2. The minimum atomic E-state index is -0.367. The van der Waals surface area contributed by atoms with Gasteiger partial charge in [0.15, 0.2) is 5.69 Å². The highest BCUT2D eigenvalue weighted by molar-refractivity contribution is 5.92. The van der Waals surface area contributed by atoms with Gasteiger partial charge in [-0.25, -0.2) is 4.68 Å². The molecule has 0 spiro atoms. The Kier molecular flexibility index (Phi) is 5.11. The van der Waals surface area contributed by atoms with Gasteiger partial charge in [0.05, 0.1) is 11.8 Å². The van der Waals surface area contributed by atoms with E-state index in [-0.39, 0.29) is 12.0 Å². The Labute approximate surface area is 124 Å². The van der Waals surface area contributed by atoms with Crippen LogP contribution in [0.5, 0.6) is 0 Å². The topological polar surface area (TPSA) is 67.2 Å². The number of benzene rings is 1. The van der Waals surface area contributed by atoms with Crippen LogP contribution in [0.1, 0.15) is 35.9 Å². The van der Waals surface area contributed by atoms with E-state index in [4.69, 9.17) is 0 Å². The third-order valence-electron chi connectivity index (χ3n) is 3.36. The first-order chi connectivity index (χ1) is 10.1. The van der Waals surface area contributed by atoms with Gasteiger partial charge in [-0.1, -0.05) is 25.1 Å². The van der Waals surface area contributed by atoms with Crippen molar-refractivity contribution < 1.29 is 9.90 Å². The third kappa shape index (κ3) is 3.92. The Hall–Kier alpha value is -2.14. The molecule has 0 aliphatic carbocycles. The van der Waals surface area contributed by atoms with Crippen LogP contribution in [0.2, 0.25) is 0 Å². The van der Waals surface area contributed by atoms with Gasteiger partial charge < -0.3 is 10.4 Å². The molecular weight excluding hydrogens is 266 g/mol. The number of carbonyl (C=O) groups excluding carboxylic acids is 1. The summed E-state index contributed by atoms with van der Waals surface area (Å²) >= 11 is 0. The second-order valence-electron chi connectivity index (χ2n) is 5.02. The number of para-hydroxylation sites is 1. The average molecular weight is 287 g/mol. The summed E-state index contributed by atoms with van der Waals surface area (Å²) in [5, 5.41) is 16.6. The number of amides is 1. The van der Waals surface area contributed by atoms with Crippen LogP contribution in [0.15, 0.2) is 36.4 Å². The molecule has 2 rings (SSSR count). The maximum Gasteiger partial charge on any atom is 0.271 e. The van der Waals surface area contributed by atoms with Crippen LogP contribution in [0.4, 0.5) is 0 Å². The summed E-state index contributed by atoms with van der Waals surface area (Å²) in [4.78, 5) is 12.0. The molecule has 112 valence electrons. The Morgan fingerprint density at radius 1 is 1.38 bits per heavy atom. The van der Waals surface area contributed by atoms with Crippen LogP contribution in [0.3, 0.4) is 0 Å². The van der Waals surface area contributed by atoms with Gasteiger partial charge in [-0.15, -0.1) is 0 Å². The summed E-state index contributed by atoms with van der Waals surface area (Å²) < 4.78 is 1.75. The maximum atomic E-state index is 12.0. The molecule has 1 aromatic heterocycles. The van der Waals surface area contributed by atoms with Crippen molar-refractivity contribution in [1.82, 2.24) is 15.1 Å². The third-order valence-corrected chi connectivity index (χ3v) is 3.36. The number of hydrogen-bond acceptors (Lipinski definition) is 3. The minimum absolute atomic E-state index is 0.212. The van der Waals surface area contributed by atoms with Crippen LogP contribution in [-0.4, -0.2) is 33.4 Å². The molecule has 0 aliphatic heterocycles. The van der Waals surface area contributed by atoms with E-state index in [2.05, 4.69) is 10.4 Å². The number of aromatic nitrogens is 2. The first-order valence-corrected chi connectivity index (χ1v) is 7.20. The van der Waals surface area contributed by atoms with E-state index in [0.717, 1.165) is 11.4 Å². The summed E-state index contributed by atoms with van der Waals surface area (Å²) in [6.45, 7) is 4.28. The zero-order valence-electron chi connectivity index (χ0n) is 12.4. The van der Waals surface area contributed by atoms with Crippen molar-refractivity contribution >= 4 is 5.91 Å². The predicted molar refractivity (Wildman–Crippen MR) is 81.5 cm³/mol. The van der Waals surface area contributed by atoms with Gasteiger partial charge in [-0.05, 0) is 38.0 Å². The normalized spacial score (nSPS) is 12.1. The lowest BCUT2D eigenvalue weighted by Crippen LogP contribution is -2.27. The Morgan fingerprint density at radius 2 is 2.10 bits per heavy atom. The van der Waals surface area contributed by atoms with E-state index >= 15 is 0 Å². The van der Waals surface area contributed by atoms with Crippen molar-refractivity contribution in [2.24, 2.45) is 0 Å². The molecule has 0 aliphatic rings. The fraction of sp³-hybridized carbons (Fsp3) is 0.375. The van der Waals surface area contributed by atoms with E-state index in [1.165, 1.54) is 0 Å². The number of nitrogens with zero attached hydrogens (tertiary/aromatic N) is 2. The summed E-state index contributed by atoms with van der Waals surface area (Å²) in [5.41, 5.74) is 2.22. The number of carbonyl (C=O) groups is 1. The van der Waals surface area contributed by atoms with Crippen molar-refractivity contribution in [2.45, 2.75) is 32.8 Å². The summed E-state index contributed by atoms with van der Waals surface area (Å²) in [6, 6.07) is 11.5. The molecule has 2 N–H and O–H groups in total. The number of rotatable bonds is 6. The van der Waals surface area contributed by atoms with Gasteiger partial charge in [0.25, 0.3) is 5.91 Å². The minimum Gasteiger partial charge on any atom is -0.393 e. The first-order valence-electron chi connectivity index (χ1n) is 7.20. The van der Waals surface area contributed by atoms with Crippen LogP contribution in [-0.2, 0) is 0 Å². The molecule has 0 fully saturated rings. The van der Waals surface area contributed by atoms with Crippen molar-refractivity contribution in [3.8, 4) is 5.69 Å². The molecule has 5 heteroatoms. The predicted octanol–water partition coefficient (Wildman–Crippen LogP) is 2.07. The second kappa shape index (κ2) is 7.04. The molecule has 0 saturated carbocycles. The quantitative estimate of drug-likeness (QED) is 0.854. The second-order valence-corrected chi connectivity index (χ2v) is 5.02. The molecule has 0 saturated heterocycles. The van der Waals surface area contributed by atoms with E-state index in [1.54, 1.807) is 10.7 Å². The zero-order valence-corrected chi connectivity index (χ0v) is 12.4. The molecule has 0 radical (unpaired) electrons. The fourth-order valence-corrected chi connectivity index (χ4v) is 2.06. The van der Waals surface area contributed by atoms with Crippen LogP contribution in [0, 0.1) is 6.92 Å². The van der Waals surface area contributed by atoms with Gasteiger partial charge in [0.2, 0.25) is 0 Å². The highest BCUT2D eigenvalue weighted by atomic mass is 16.3. The summed E-state index contributed by atoms with van der Waals surface area (Å²) in [6.07, 6.45) is 0.881. The number of aliphatic hydroxyl groups excluding tert-OH is 1. The summed E-state index contributed by atoms with van der Waals surface area (Å²) in [7, 11) is 0. The lowest BCUT2D eigenvalue weighted by Gasteiger charge is -2.07. The lowest BCUT2D eigenvalue weighted by molar-refractivity contribution is 0.0936. The van der Waals surface area contributed by atoms with Gasteiger partial charge in [0, 0.05) is 12.2 Å².